The smallest absolute Gasteiger partial charge is 0.116 e. The molecule has 3 nitrogen and oxygen atoms in total. The summed E-state index contributed by atoms with van der Waals surface area (Å²) in [5.41, 5.74) is 3.21. The van der Waals surface area contributed by atoms with Gasteiger partial charge in [-0.2, -0.15) is 14.2 Å². The third kappa shape index (κ3) is 10.6. The SMILES string of the molecule is CC(C)(C)c1ccc2c(c1)[cH-]c1cc(C(C)(C)C)ccc12.C[O-].C[O-].C[Si](C)=[Ti+2].Oc1ccc2ccccc2c1. The van der Waals surface area contributed by atoms with E-state index in [2.05, 4.69) is 116 Å². The Morgan fingerprint density at radius 1 is 0.625 bits per heavy atom. The summed E-state index contributed by atoms with van der Waals surface area (Å²) in [6.07, 6.45) is 0.120. The third-order valence-corrected chi connectivity index (χ3v) is 6.17. The first kappa shape index (κ1) is 35.7. The molecule has 5 aromatic rings. The van der Waals surface area contributed by atoms with Crippen LogP contribution in [-0.2, 0) is 30.0 Å². The van der Waals surface area contributed by atoms with Gasteiger partial charge in [0, 0.05) is 0 Å². The van der Waals surface area contributed by atoms with Gasteiger partial charge in [-0.25, -0.2) is 0 Å². The Kier molecular flexibility index (Phi) is 14.4. The second-order valence-corrected chi connectivity index (χ2v) is 18.5. The zero-order chi connectivity index (χ0) is 30.7. The largest absolute Gasteiger partial charge is 0.508 e. The van der Waals surface area contributed by atoms with Crippen molar-refractivity contribution >= 4 is 38.5 Å². The van der Waals surface area contributed by atoms with E-state index in [0.29, 0.717) is 5.75 Å². The number of fused-ring (bicyclic) bond motifs is 4. The fraction of sp³-hybridized carbons (Fsp3) is 0.343. The average Bonchev–Trinajstić information content (AvgIpc) is 3.27. The Hall–Kier alpha value is -2.34. The van der Waals surface area contributed by atoms with Crippen LogP contribution in [0.15, 0.2) is 84.9 Å². The van der Waals surface area contributed by atoms with Crippen molar-refractivity contribution in [3.63, 3.8) is 0 Å². The monoisotopic (exact) mass is 589 g/mol. The fourth-order valence-electron chi connectivity index (χ4n) is 4.13. The molecule has 0 aliphatic heterocycles. The minimum absolute atomic E-state index is 0.120. The molecular formula is C35H45O3SiTi-. The summed E-state index contributed by atoms with van der Waals surface area (Å²) < 4.78 is 0. The van der Waals surface area contributed by atoms with Crippen molar-refractivity contribution in [3.05, 3.63) is 96.1 Å². The third-order valence-electron chi connectivity index (χ3n) is 6.17. The molecule has 0 saturated heterocycles. The predicted molar refractivity (Wildman–Crippen MR) is 169 cm³/mol. The molecule has 0 saturated carbocycles. The van der Waals surface area contributed by atoms with Crippen molar-refractivity contribution in [3.8, 4) is 5.75 Å². The van der Waals surface area contributed by atoms with Gasteiger partial charge in [0.05, 0.1) is 0 Å². The van der Waals surface area contributed by atoms with Gasteiger partial charge in [0.15, 0.2) is 0 Å². The van der Waals surface area contributed by atoms with Crippen molar-refractivity contribution in [1.29, 1.82) is 0 Å². The standard InChI is InChI=1S/C21H25.C10H8O.C2H6Si.2CH3O.Ti/c1-20(2,3)16-7-9-18-14(12-16)11-15-13-17(21(4,5)6)8-10-19(15)18;11-10-6-5-8-3-1-2-4-9(8)7-10;1-3-2;2*1-2;/h7-13H,1-6H3;1-7,11H;1-2H3;2*1H3;/q-1;;;2*-1;+2. The Bertz CT molecular complexity index is 1430. The summed E-state index contributed by atoms with van der Waals surface area (Å²) in [4.78, 5) is 0. The predicted octanol–water partition coefficient (Wildman–Crippen LogP) is 7.59. The van der Waals surface area contributed by atoms with Gasteiger partial charge in [-0.05, 0) is 33.7 Å². The van der Waals surface area contributed by atoms with E-state index in [1.165, 1.54) is 32.7 Å². The summed E-state index contributed by atoms with van der Waals surface area (Å²) >= 11 is 2.27. The molecule has 5 aromatic carbocycles. The van der Waals surface area contributed by atoms with Gasteiger partial charge in [0.2, 0.25) is 0 Å². The molecule has 5 rings (SSSR count). The molecule has 1 N–H and O–H groups in total. The van der Waals surface area contributed by atoms with Crippen molar-refractivity contribution in [2.45, 2.75) is 65.5 Å². The second kappa shape index (κ2) is 16.2. The maximum Gasteiger partial charge on any atom is 0.116 e. The first-order valence-electron chi connectivity index (χ1n) is 13.4. The van der Waals surface area contributed by atoms with Crippen LogP contribution in [0.25, 0.3) is 32.3 Å². The maximum atomic E-state index is 9.13. The quantitative estimate of drug-likeness (QED) is 0.150. The molecule has 0 bridgehead atoms. The Morgan fingerprint density at radius 2 is 1.02 bits per heavy atom. The molecule has 0 spiro atoms. The molecule has 212 valence electrons. The summed E-state index contributed by atoms with van der Waals surface area (Å²) in [5.74, 6) is 0.323. The van der Waals surface area contributed by atoms with Crippen molar-refractivity contribution < 1.29 is 34.5 Å². The molecular weight excluding hydrogens is 544 g/mol. The minimum atomic E-state index is 0.120. The first-order valence-corrected chi connectivity index (χ1v) is 18.3. The van der Waals surface area contributed by atoms with Gasteiger partial charge in [0.25, 0.3) is 0 Å². The molecule has 0 aliphatic carbocycles. The average molecular weight is 590 g/mol. The summed E-state index contributed by atoms with van der Waals surface area (Å²) in [5, 5.41) is 33.3. The van der Waals surface area contributed by atoms with Gasteiger partial charge in [-0.3, -0.25) is 0 Å². The number of phenolic OH excluding ortho intramolecular Hbond substituents is 1. The Balaban J connectivity index is 0.000000352. The number of aromatic hydroxyl groups is 1. The van der Waals surface area contributed by atoms with Crippen LogP contribution in [0.5, 0.6) is 5.75 Å². The number of benzene rings is 4. The van der Waals surface area contributed by atoms with Crippen LogP contribution < -0.4 is 10.2 Å². The molecule has 40 heavy (non-hydrogen) atoms. The fourth-order valence-corrected chi connectivity index (χ4v) is 4.13. The number of hydrogen-bond acceptors (Lipinski definition) is 3. The van der Waals surface area contributed by atoms with Gasteiger partial charge in [-0.15, -0.1) is 39.7 Å². The second-order valence-electron chi connectivity index (χ2n) is 11.8. The molecule has 0 aromatic heterocycles. The van der Waals surface area contributed by atoms with Gasteiger partial charge < -0.3 is 15.3 Å². The molecule has 0 radical (unpaired) electrons. The Labute approximate surface area is 253 Å². The zero-order valence-electron chi connectivity index (χ0n) is 25.8. The van der Waals surface area contributed by atoms with Crippen LogP contribution in [-0.4, -0.2) is 25.5 Å². The van der Waals surface area contributed by atoms with E-state index in [1.807, 2.05) is 30.3 Å². The number of rotatable bonds is 0. The molecule has 5 heteroatoms. The van der Waals surface area contributed by atoms with Gasteiger partial charge in [0.1, 0.15) is 5.75 Å². The molecule has 0 fully saturated rings. The van der Waals surface area contributed by atoms with Crippen molar-refractivity contribution in [1.82, 2.24) is 0 Å². The van der Waals surface area contributed by atoms with Gasteiger partial charge in [-0.1, -0.05) is 107 Å². The van der Waals surface area contributed by atoms with E-state index < -0.39 is 0 Å². The summed E-state index contributed by atoms with van der Waals surface area (Å²) in [6.45, 7) is 18.2. The van der Waals surface area contributed by atoms with Crippen LogP contribution >= 0.6 is 0 Å². The van der Waals surface area contributed by atoms with E-state index in [0.717, 1.165) is 25.0 Å². The summed E-state index contributed by atoms with van der Waals surface area (Å²) in [6, 6.07) is 29.5. The maximum absolute atomic E-state index is 9.13. The molecule has 0 heterocycles. The van der Waals surface area contributed by atoms with Gasteiger partial charge >= 0.3 is 38.5 Å². The van der Waals surface area contributed by atoms with E-state index in [1.54, 1.807) is 12.1 Å². The minimum Gasteiger partial charge on any atom is -0.508 e. The van der Waals surface area contributed by atoms with Crippen molar-refractivity contribution in [2.24, 2.45) is 0 Å². The van der Waals surface area contributed by atoms with Crippen LogP contribution in [0.3, 0.4) is 0 Å². The zero-order valence-corrected chi connectivity index (χ0v) is 28.4. The first-order chi connectivity index (χ1) is 18.8. The van der Waals surface area contributed by atoms with E-state index in [-0.39, 0.29) is 17.0 Å². The van der Waals surface area contributed by atoms with E-state index in [4.69, 9.17) is 15.3 Å². The summed E-state index contributed by atoms with van der Waals surface area (Å²) in [7, 11) is 1.50. The molecule has 0 aliphatic rings. The van der Waals surface area contributed by atoms with Crippen LogP contribution in [0.1, 0.15) is 52.7 Å². The topological polar surface area (TPSA) is 66.3 Å². The van der Waals surface area contributed by atoms with E-state index >= 15 is 0 Å². The van der Waals surface area contributed by atoms with Crippen LogP contribution in [0.2, 0.25) is 13.1 Å². The molecule has 0 amide bonds. The number of hydrogen-bond donors (Lipinski definition) is 1. The van der Waals surface area contributed by atoms with Crippen LogP contribution in [0.4, 0.5) is 0 Å². The van der Waals surface area contributed by atoms with E-state index in [9.17, 15) is 0 Å². The number of phenols is 1. The molecule has 0 atom stereocenters. The van der Waals surface area contributed by atoms with Crippen molar-refractivity contribution in [2.75, 3.05) is 14.2 Å². The Morgan fingerprint density at radius 3 is 1.43 bits per heavy atom. The normalized spacial score (nSPS) is 10.8. The van der Waals surface area contributed by atoms with Crippen LogP contribution in [0, 0.1) is 0 Å². The molecule has 0 unspecified atom stereocenters.